The van der Waals surface area contributed by atoms with E-state index in [0.29, 0.717) is 11.8 Å². The molecule has 4 aliphatic carbocycles. The van der Waals surface area contributed by atoms with Crippen molar-refractivity contribution in [3.05, 3.63) is 0 Å². The van der Waals surface area contributed by atoms with Gasteiger partial charge in [0.05, 0.1) is 5.41 Å². The molecule has 0 unspecified atom stereocenters. The highest BCUT2D eigenvalue weighted by Gasteiger charge is 2.55. The molecule has 27 heavy (non-hydrogen) atoms. The summed E-state index contributed by atoms with van der Waals surface area (Å²) in [6.45, 7) is 3.52. The first-order chi connectivity index (χ1) is 13.1. The first-order valence-corrected chi connectivity index (χ1v) is 11.7. The van der Waals surface area contributed by atoms with Gasteiger partial charge in [0.1, 0.15) is 0 Å². The predicted octanol–water partition coefficient (Wildman–Crippen LogP) is 3.84. The van der Waals surface area contributed by atoms with Gasteiger partial charge in [-0.3, -0.25) is 9.59 Å². The minimum Gasteiger partial charge on any atom is -0.342 e. The molecule has 0 aromatic rings. The Morgan fingerprint density at radius 3 is 1.70 bits per heavy atom. The lowest BCUT2D eigenvalue weighted by Crippen LogP contribution is -2.56. The number of hydrogen-bond donors (Lipinski definition) is 0. The molecule has 4 nitrogen and oxygen atoms in total. The van der Waals surface area contributed by atoms with Gasteiger partial charge in [0, 0.05) is 32.1 Å². The summed E-state index contributed by atoms with van der Waals surface area (Å²) in [5, 5.41) is 0. The highest BCUT2D eigenvalue weighted by molar-refractivity contribution is 5.84. The summed E-state index contributed by atoms with van der Waals surface area (Å²) in [6, 6.07) is 0. The molecule has 6 fully saturated rings. The van der Waals surface area contributed by atoms with Crippen LogP contribution in [0, 0.1) is 29.1 Å². The maximum atomic E-state index is 13.5. The van der Waals surface area contributed by atoms with E-state index in [-0.39, 0.29) is 11.3 Å². The molecule has 2 amide bonds. The Kier molecular flexibility index (Phi) is 4.72. The van der Waals surface area contributed by atoms with Crippen LogP contribution in [0.4, 0.5) is 0 Å². The van der Waals surface area contributed by atoms with Crippen molar-refractivity contribution in [2.45, 2.75) is 77.0 Å². The maximum Gasteiger partial charge on any atom is 0.228 e. The van der Waals surface area contributed by atoms with E-state index in [1.807, 2.05) is 0 Å². The third kappa shape index (κ3) is 3.31. The molecule has 150 valence electrons. The molecule has 4 saturated carbocycles. The fourth-order valence-electron chi connectivity index (χ4n) is 7.59. The van der Waals surface area contributed by atoms with E-state index in [9.17, 15) is 9.59 Å². The monoisotopic (exact) mass is 372 g/mol. The van der Waals surface area contributed by atoms with Gasteiger partial charge in [0.2, 0.25) is 11.8 Å². The van der Waals surface area contributed by atoms with E-state index in [4.69, 9.17) is 0 Å². The molecule has 0 atom stereocenters. The number of carbonyl (C=O) groups excluding carboxylic acids is 2. The summed E-state index contributed by atoms with van der Waals surface area (Å²) in [4.78, 5) is 30.7. The van der Waals surface area contributed by atoms with E-state index >= 15 is 0 Å². The summed E-state index contributed by atoms with van der Waals surface area (Å²) in [6.07, 6.45) is 14.3. The van der Waals surface area contributed by atoms with E-state index < -0.39 is 0 Å². The second-order valence-electron chi connectivity index (χ2n) is 10.5. The number of nitrogens with zero attached hydrogens (tertiary/aromatic N) is 2. The topological polar surface area (TPSA) is 40.6 Å². The summed E-state index contributed by atoms with van der Waals surface area (Å²) in [5.41, 5.74) is -0.0175. The molecule has 0 spiro atoms. The molecular weight excluding hydrogens is 336 g/mol. The largest absolute Gasteiger partial charge is 0.342 e. The van der Waals surface area contributed by atoms with Gasteiger partial charge in [-0.15, -0.1) is 0 Å². The Hall–Kier alpha value is -1.06. The van der Waals surface area contributed by atoms with Crippen LogP contribution < -0.4 is 0 Å². The standard InChI is InChI=1S/C23H36N2O2/c26-21(24-7-3-1-2-4-8-24)20-5-9-25(10-6-20)22(27)23-14-17-11-18(15-23)13-19(12-17)16-23/h17-20H,1-16H2. The number of amides is 2. The quantitative estimate of drug-likeness (QED) is 0.739. The molecule has 6 aliphatic rings. The fraction of sp³-hybridized carbons (Fsp3) is 0.913. The van der Waals surface area contributed by atoms with E-state index in [0.717, 1.165) is 88.9 Å². The first kappa shape index (κ1) is 18.0. The van der Waals surface area contributed by atoms with Crippen LogP contribution in [0.5, 0.6) is 0 Å². The highest BCUT2D eigenvalue weighted by Crippen LogP contribution is 2.60. The molecule has 0 N–H and O–H groups in total. The molecular formula is C23H36N2O2. The number of likely N-dealkylation sites (tertiary alicyclic amines) is 2. The van der Waals surface area contributed by atoms with Gasteiger partial charge in [0.25, 0.3) is 0 Å². The lowest BCUT2D eigenvalue weighted by Gasteiger charge is -2.57. The van der Waals surface area contributed by atoms with E-state index in [1.54, 1.807) is 0 Å². The Morgan fingerprint density at radius 2 is 1.19 bits per heavy atom. The third-order valence-electron chi connectivity index (χ3n) is 8.54. The van der Waals surface area contributed by atoms with Crippen molar-refractivity contribution in [1.82, 2.24) is 9.80 Å². The van der Waals surface area contributed by atoms with Gasteiger partial charge in [0.15, 0.2) is 0 Å². The van der Waals surface area contributed by atoms with Crippen LogP contribution in [0.15, 0.2) is 0 Å². The lowest BCUT2D eigenvalue weighted by atomic mass is 9.49. The van der Waals surface area contributed by atoms with Crippen LogP contribution in [0.1, 0.15) is 77.0 Å². The Morgan fingerprint density at radius 1 is 0.667 bits per heavy atom. The van der Waals surface area contributed by atoms with Crippen molar-refractivity contribution in [2.75, 3.05) is 26.2 Å². The summed E-state index contributed by atoms with van der Waals surface area (Å²) >= 11 is 0. The van der Waals surface area contributed by atoms with Gasteiger partial charge in [-0.2, -0.15) is 0 Å². The average molecular weight is 373 g/mol. The Balaban J connectivity index is 1.19. The first-order valence-electron chi connectivity index (χ1n) is 11.7. The SMILES string of the molecule is O=C(C1CCN(C(=O)C23CC4CC(CC(C4)C2)C3)CC1)N1CCCCCC1. The molecule has 0 aromatic carbocycles. The van der Waals surface area contributed by atoms with Crippen molar-refractivity contribution in [2.24, 2.45) is 29.1 Å². The van der Waals surface area contributed by atoms with Crippen LogP contribution in [0.2, 0.25) is 0 Å². The zero-order chi connectivity index (χ0) is 18.4. The zero-order valence-corrected chi connectivity index (χ0v) is 16.8. The Labute approximate surface area is 164 Å². The van der Waals surface area contributed by atoms with Gasteiger partial charge in [-0.05, 0) is 82.0 Å². The molecule has 2 heterocycles. The van der Waals surface area contributed by atoms with Crippen LogP contribution in [0.3, 0.4) is 0 Å². The maximum absolute atomic E-state index is 13.5. The van der Waals surface area contributed by atoms with Crippen LogP contribution in [0.25, 0.3) is 0 Å². The zero-order valence-electron chi connectivity index (χ0n) is 16.8. The normalized spacial score (nSPS) is 39.5. The van der Waals surface area contributed by atoms with Crippen molar-refractivity contribution < 1.29 is 9.59 Å². The van der Waals surface area contributed by atoms with Crippen molar-refractivity contribution in [3.8, 4) is 0 Å². The van der Waals surface area contributed by atoms with Gasteiger partial charge >= 0.3 is 0 Å². The molecule has 0 radical (unpaired) electrons. The van der Waals surface area contributed by atoms with Gasteiger partial charge in [-0.25, -0.2) is 0 Å². The summed E-state index contributed by atoms with van der Waals surface area (Å²) in [5.74, 6) is 3.46. The summed E-state index contributed by atoms with van der Waals surface area (Å²) < 4.78 is 0. The number of rotatable bonds is 2. The minimum absolute atomic E-state index is 0.0175. The molecule has 2 aliphatic heterocycles. The number of carbonyl (C=O) groups is 2. The predicted molar refractivity (Wildman–Crippen MR) is 105 cm³/mol. The van der Waals surface area contributed by atoms with Crippen molar-refractivity contribution >= 4 is 11.8 Å². The van der Waals surface area contributed by atoms with Crippen LogP contribution in [-0.4, -0.2) is 47.8 Å². The summed E-state index contributed by atoms with van der Waals surface area (Å²) in [7, 11) is 0. The van der Waals surface area contributed by atoms with Crippen LogP contribution >= 0.6 is 0 Å². The van der Waals surface area contributed by atoms with E-state index in [1.165, 1.54) is 32.1 Å². The van der Waals surface area contributed by atoms with Crippen molar-refractivity contribution in [1.29, 1.82) is 0 Å². The van der Waals surface area contributed by atoms with Crippen LogP contribution in [-0.2, 0) is 9.59 Å². The molecule has 2 saturated heterocycles. The lowest BCUT2D eigenvalue weighted by molar-refractivity contribution is -0.160. The second kappa shape index (κ2) is 7.08. The number of hydrogen-bond acceptors (Lipinski definition) is 2. The average Bonchev–Trinajstić information content (AvgIpc) is 2.95. The van der Waals surface area contributed by atoms with Crippen molar-refractivity contribution in [3.63, 3.8) is 0 Å². The molecule has 6 rings (SSSR count). The number of piperidine rings is 1. The third-order valence-corrected chi connectivity index (χ3v) is 8.54. The smallest absolute Gasteiger partial charge is 0.228 e. The molecule has 4 bridgehead atoms. The van der Waals surface area contributed by atoms with Gasteiger partial charge < -0.3 is 9.80 Å². The highest BCUT2D eigenvalue weighted by atomic mass is 16.2. The Bertz CT molecular complexity index is 550. The molecule has 4 heteroatoms. The fourth-order valence-corrected chi connectivity index (χ4v) is 7.59. The molecule has 0 aromatic heterocycles. The second-order valence-corrected chi connectivity index (χ2v) is 10.5. The minimum atomic E-state index is -0.0175. The van der Waals surface area contributed by atoms with E-state index in [2.05, 4.69) is 9.80 Å². The van der Waals surface area contributed by atoms with Gasteiger partial charge in [-0.1, -0.05) is 12.8 Å².